The van der Waals surface area contributed by atoms with Crippen LogP contribution in [-0.2, 0) is 0 Å². The summed E-state index contributed by atoms with van der Waals surface area (Å²) in [5.74, 6) is 1.08. The van der Waals surface area contributed by atoms with Gasteiger partial charge in [0.05, 0.1) is 0 Å². The monoisotopic (exact) mass is 262 g/mol. The van der Waals surface area contributed by atoms with E-state index >= 15 is 0 Å². The Bertz CT molecular complexity index is 401. The van der Waals surface area contributed by atoms with Crippen LogP contribution in [0.5, 0.6) is 0 Å². The summed E-state index contributed by atoms with van der Waals surface area (Å²) in [6, 6.07) is 4.76. The zero-order valence-electron chi connectivity index (χ0n) is 12.3. The van der Waals surface area contributed by atoms with Crippen molar-refractivity contribution in [3.63, 3.8) is 0 Å². The molecule has 0 radical (unpaired) electrons. The predicted molar refractivity (Wildman–Crippen MR) is 80.4 cm³/mol. The molecule has 0 saturated carbocycles. The predicted octanol–water partition coefficient (Wildman–Crippen LogP) is 2.02. The smallest absolute Gasteiger partial charge is 0.133 e. The van der Waals surface area contributed by atoms with Crippen molar-refractivity contribution in [1.82, 2.24) is 9.88 Å². The van der Waals surface area contributed by atoms with Crippen molar-refractivity contribution in [3.05, 3.63) is 23.9 Å². The van der Waals surface area contributed by atoms with E-state index < -0.39 is 0 Å². The summed E-state index contributed by atoms with van der Waals surface area (Å²) < 4.78 is 0. The first-order valence-electron chi connectivity index (χ1n) is 7.36. The summed E-state index contributed by atoms with van der Waals surface area (Å²) >= 11 is 0. The molecule has 1 saturated heterocycles. The van der Waals surface area contributed by atoms with Crippen molar-refractivity contribution in [2.24, 2.45) is 5.73 Å². The summed E-state index contributed by atoms with van der Waals surface area (Å²) in [6.07, 6.45) is 3.09. The fourth-order valence-corrected chi connectivity index (χ4v) is 3.00. The first-order valence-corrected chi connectivity index (χ1v) is 7.36. The molecule has 0 aromatic carbocycles. The molecule has 2 atom stereocenters. The number of rotatable bonds is 5. The second kappa shape index (κ2) is 6.35. The van der Waals surface area contributed by atoms with Crippen molar-refractivity contribution in [2.45, 2.75) is 39.3 Å². The standard InChI is InChI=1S/C15H26N4/c1-4-18(5-2)13-8-10-19(11-13)15-14(12(3)16)7-6-9-17-15/h6-7,9,12-13H,4-5,8,10-11,16H2,1-3H3. The Kier molecular flexibility index (Phi) is 4.77. The molecule has 1 aromatic rings. The Morgan fingerprint density at radius 3 is 2.84 bits per heavy atom. The fraction of sp³-hybridized carbons (Fsp3) is 0.667. The van der Waals surface area contributed by atoms with Crippen molar-refractivity contribution in [1.29, 1.82) is 0 Å². The maximum absolute atomic E-state index is 6.05. The van der Waals surface area contributed by atoms with Gasteiger partial charge in [0.25, 0.3) is 0 Å². The van der Waals surface area contributed by atoms with Crippen LogP contribution in [0.3, 0.4) is 0 Å². The highest BCUT2D eigenvalue weighted by Crippen LogP contribution is 2.27. The van der Waals surface area contributed by atoms with Gasteiger partial charge in [0.15, 0.2) is 0 Å². The highest BCUT2D eigenvalue weighted by atomic mass is 15.3. The third-order valence-corrected chi connectivity index (χ3v) is 4.10. The van der Waals surface area contributed by atoms with Crippen LogP contribution in [0.4, 0.5) is 5.82 Å². The van der Waals surface area contributed by atoms with Crippen LogP contribution >= 0.6 is 0 Å². The van der Waals surface area contributed by atoms with Gasteiger partial charge in [-0.3, -0.25) is 4.90 Å². The van der Waals surface area contributed by atoms with Crippen LogP contribution in [0.1, 0.15) is 38.8 Å². The van der Waals surface area contributed by atoms with Crippen LogP contribution in [0.25, 0.3) is 0 Å². The molecule has 0 aliphatic carbocycles. The average molecular weight is 262 g/mol. The molecule has 106 valence electrons. The lowest BCUT2D eigenvalue weighted by Crippen LogP contribution is -2.37. The van der Waals surface area contributed by atoms with Crippen LogP contribution in [0, 0.1) is 0 Å². The van der Waals surface area contributed by atoms with E-state index in [4.69, 9.17) is 5.73 Å². The van der Waals surface area contributed by atoms with Crippen molar-refractivity contribution < 1.29 is 0 Å². The van der Waals surface area contributed by atoms with E-state index in [1.807, 2.05) is 19.2 Å². The molecule has 2 N–H and O–H groups in total. The van der Waals surface area contributed by atoms with E-state index in [1.165, 1.54) is 6.42 Å². The number of pyridine rings is 1. The molecule has 1 fully saturated rings. The molecule has 0 spiro atoms. The highest BCUT2D eigenvalue weighted by Gasteiger charge is 2.28. The van der Waals surface area contributed by atoms with Crippen molar-refractivity contribution in [2.75, 3.05) is 31.1 Å². The zero-order valence-corrected chi connectivity index (χ0v) is 12.3. The minimum atomic E-state index is 0.0382. The van der Waals surface area contributed by atoms with E-state index in [0.717, 1.165) is 37.6 Å². The van der Waals surface area contributed by atoms with Gasteiger partial charge in [0.2, 0.25) is 0 Å². The van der Waals surface area contributed by atoms with Crippen LogP contribution in [0.15, 0.2) is 18.3 Å². The molecule has 2 unspecified atom stereocenters. The first kappa shape index (κ1) is 14.3. The molecule has 1 aromatic heterocycles. The van der Waals surface area contributed by atoms with E-state index in [9.17, 15) is 0 Å². The Labute approximate surface area is 116 Å². The van der Waals surface area contributed by atoms with Crippen molar-refractivity contribution >= 4 is 5.82 Å². The number of hydrogen-bond acceptors (Lipinski definition) is 4. The normalized spacial score (nSPS) is 21.1. The summed E-state index contributed by atoms with van der Waals surface area (Å²) in [4.78, 5) is 9.48. The second-order valence-corrected chi connectivity index (χ2v) is 5.31. The fourth-order valence-electron chi connectivity index (χ4n) is 3.00. The average Bonchev–Trinajstić information content (AvgIpc) is 2.89. The highest BCUT2D eigenvalue weighted by molar-refractivity contribution is 5.49. The molecule has 19 heavy (non-hydrogen) atoms. The minimum Gasteiger partial charge on any atom is -0.355 e. The topological polar surface area (TPSA) is 45.4 Å². The first-order chi connectivity index (χ1) is 9.17. The molecule has 1 aliphatic heterocycles. The molecule has 4 nitrogen and oxygen atoms in total. The van der Waals surface area contributed by atoms with Crippen LogP contribution < -0.4 is 10.6 Å². The molecule has 2 heterocycles. The lowest BCUT2D eigenvalue weighted by molar-refractivity contribution is 0.232. The molecule has 0 amide bonds. The van der Waals surface area contributed by atoms with Gasteiger partial charge < -0.3 is 10.6 Å². The maximum Gasteiger partial charge on any atom is 0.133 e. The van der Waals surface area contributed by atoms with E-state index in [2.05, 4.69) is 34.7 Å². The number of nitrogens with zero attached hydrogens (tertiary/aromatic N) is 3. The lowest BCUT2D eigenvalue weighted by atomic mass is 10.1. The van der Waals surface area contributed by atoms with Gasteiger partial charge in [-0.15, -0.1) is 0 Å². The summed E-state index contributed by atoms with van der Waals surface area (Å²) in [7, 11) is 0. The number of anilines is 1. The molecule has 1 aliphatic rings. The largest absolute Gasteiger partial charge is 0.355 e. The second-order valence-electron chi connectivity index (χ2n) is 5.31. The summed E-state index contributed by atoms with van der Waals surface area (Å²) in [5.41, 5.74) is 7.21. The van der Waals surface area contributed by atoms with Gasteiger partial charge >= 0.3 is 0 Å². The molecular formula is C15H26N4. The molecule has 4 heteroatoms. The van der Waals surface area contributed by atoms with E-state index in [1.54, 1.807) is 0 Å². The molecule has 0 bridgehead atoms. The van der Waals surface area contributed by atoms with Gasteiger partial charge in [0.1, 0.15) is 5.82 Å². The number of nitrogens with two attached hydrogens (primary N) is 1. The van der Waals surface area contributed by atoms with Gasteiger partial charge in [-0.2, -0.15) is 0 Å². The number of aromatic nitrogens is 1. The van der Waals surface area contributed by atoms with E-state index in [0.29, 0.717) is 6.04 Å². The zero-order chi connectivity index (χ0) is 13.8. The SMILES string of the molecule is CCN(CC)C1CCN(c2ncccc2C(C)N)C1. The third-order valence-electron chi connectivity index (χ3n) is 4.10. The van der Waals surface area contributed by atoms with Gasteiger partial charge in [-0.1, -0.05) is 19.9 Å². The Morgan fingerprint density at radius 2 is 2.21 bits per heavy atom. The van der Waals surface area contributed by atoms with Crippen LogP contribution in [-0.4, -0.2) is 42.1 Å². The quantitative estimate of drug-likeness (QED) is 0.882. The molecule has 2 rings (SSSR count). The number of likely N-dealkylation sites (N-methyl/N-ethyl adjacent to an activating group) is 1. The number of hydrogen-bond donors (Lipinski definition) is 1. The van der Waals surface area contributed by atoms with Crippen molar-refractivity contribution in [3.8, 4) is 0 Å². The van der Waals surface area contributed by atoms with E-state index in [-0.39, 0.29) is 6.04 Å². The van der Waals surface area contributed by atoms with Gasteiger partial charge in [-0.05, 0) is 32.5 Å². The summed E-state index contributed by atoms with van der Waals surface area (Å²) in [6.45, 7) is 10.9. The van der Waals surface area contributed by atoms with Gasteiger partial charge in [-0.25, -0.2) is 4.98 Å². The Balaban J connectivity index is 2.13. The van der Waals surface area contributed by atoms with Crippen LogP contribution in [0.2, 0.25) is 0 Å². The Hall–Kier alpha value is -1.13. The lowest BCUT2D eigenvalue weighted by Gasteiger charge is -2.27. The maximum atomic E-state index is 6.05. The Morgan fingerprint density at radius 1 is 1.47 bits per heavy atom. The minimum absolute atomic E-state index is 0.0382. The summed E-state index contributed by atoms with van der Waals surface area (Å²) in [5, 5.41) is 0. The van der Waals surface area contributed by atoms with Gasteiger partial charge in [0, 0.05) is 36.9 Å². The third kappa shape index (κ3) is 3.07. The molecular weight excluding hydrogens is 236 g/mol.